The van der Waals surface area contributed by atoms with E-state index in [0.29, 0.717) is 17.7 Å². The van der Waals surface area contributed by atoms with Crippen molar-refractivity contribution in [3.63, 3.8) is 0 Å². The number of rotatable bonds is 3. The van der Waals surface area contributed by atoms with Crippen molar-refractivity contribution in [2.45, 2.75) is 25.4 Å². The molecule has 3 heteroatoms. The second kappa shape index (κ2) is 5.09. The lowest BCUT2D eigenvalue weighted by Crippen LogP contribution is -2.21. The third-order valence-electron chi connectivity index (χ3n) is 2.01. The van der Waals surface area contributed by atoms with Crippen LogP contribution in [0, 0.1) is 5.92 Å². The lowest BCUT2D eigenvalue weighted by atomic mass is 9.97. The molecule has 1 rings (SSSR count). The van der Waals surface area contributed by atoms with Gasteiger partial charge in [0, 0.05) is 18.5 Å². The molecule has 0 saturated carbocycles. The normalized spacial score (nSPS) is 28.4. The number of hydrogen-bond acceptors (Lipinski definition) is 1. The van der Waals surface area contributed by atoms with Crippen LogP contribution >= 0.6 is 15.9 Å². The van der Waals surface area contributed by atoms with Crippen LogP contribution in [0.2, 0.25) is 0 Å². The summed E-state index contributed by atoms with van der Waals surface area (Å²) in [4.78, 5) is 0. The van der Waals surface area contributed by atoms with Crippen LogP contribution in [-0.4, -0.2) is 24.7 Å². The largest absolute Gasteiger partial charge is 0.381 e. The molecule has 0 radical (unpaired) electrons. The third-order valence-corrected chi connectivity index (χ3v) is 2.71. The molecule has 2 atom stereocenters. The van der Waals surface area contributed by atoms with Crippen LogP contribution < -0.4 is 0 Å². The predicted molar refractivity (Wildman–Crippen MR) is 46.9 cm³/mol. The van der Waals surface area contributed by atoms with E-state index in [9.17, 15) is 4.39 Å². The first-order chi connectivity index (χ1) is 5.33. The van der Waals surface area contributed by atoms with Crippen LogP contribution in [0.3, 0.4) is 0 Å². The van der Waals surface area contributed by atoms with Gasteiger partial charge in [-0.3, -0.25) is 0 Å². The first kappa shape index (κ1) is 9.46. The van der Waals surface area contributed by atoms with Crippen LogP contribution in [0.5, 0.6) is 0 Å². The molecular weight excluding hydrogens is 211 g/mol. The molecular formula is C8H14BrFO. The quantitative estimate of drug-likeness (QED) is 0.670. The van der Waals surface area contributed by atoms with E-state index >= 15 is 0 Å². The van der Waals surface area contributed by atoms with Gasteiger partial charge in [-0.1, -0.05) is 15.9 Å². The Kier molecular flexibility index (Phi) is 4.38. The molecule has 0 aromatic carbocycles. The van der Waals surface area contributed by atoms with E-state index in [1.165, 1.54) is 0 Å². The number of halogens is 2. The average Bonchev–Trinajstić information content (AvgIpc) is 2.06. The molecule has 0 spiro atoms. The highest BCUT2D eigenvalue weighted by atomic mass is 79.9. The molecule has 0 N–H and O–H groups in total. The molecule has 1 aliphatic heterocycles. The number of ether oxygens (including phenoxy) is 1. The minimum absolute atomic E-state index is 0.455. The Bertz CT molecular complexity index is 104. The summed E-state index contributed by atoms with van der Waals surface area (Å²) in [5.74, 6) is 0.455. The van der Waals surface area contributed by atoms with Crippen LogP contribution in [0.15, 0.2) is 0 Å². The van der Waals surface area contributed by atoms with Gasteiger partial charge in [-0.05, 0) is 25.2 Å². The molecule has 66 valence electrons. The summed E-state index contributed by atoms with van der Waals surface area (Å²) in [7, 11) is 0. The smallest absolute Gasteiger partial charge is 0.110 e. The van der Waals surface area contributed by atoms with Crippen molar-refractivity contribution >= 4 is 15.9 Å². The SMILES string of the molecule is F[C@H](CBr)C[C@@H]1CCCOC1. The first-order valence-corrected chi connectivity index (χ1v) is 5.23. The molecule has 0 aliphatic carbocycles. The van der Waals surface area contributed by atoms with Gasteiger partial charge >= 0.3 is 0 Å². The van der Waals surface area contributed by atoms with Crippen molar-refractivity contribution in [1.29, 1.82) is 0 Å². The van der Waals surface area contributed by atoms with Crippen LogP contribution in [0.25, 0.3) is 0 Å². The lowest BCUT2D eigenvalue weighted by Gasteiger charge is -2.22. The second-order valence-electron chi connectivity index (χ2n) is 3.07. The molecule has 11 heavy (non-hydrogen) atoms. The van der Waals surface area contributed by atoms with Crippen molar-refractivity contribution < 1.29 is 9.13 Å². The van der Waals surface area contributed by atoms with Crippen LogP contribution in [0.1, 0.15) is 19.3 Å². The van der Waals surface area contributed by atoms with Crippen molar-refractivity contribution in [3.05, 3.63) is 0 Å². The van der Waals surface area contributed by atoms with E-state index in [2.05, 4.69) is 15.9 Å². The topological polar surface area (TPSA) is 9.23 Å². The van der Waals surface area contributed by atoms with Gasteiger partial charge in [-0.2, -0.15) is 0 Å². The van der Waals surface area contributed by atoms with Gasteiger partial charge in [-0.25, -0.2) is 4.39 Å². The van der Waals surface area contributed by atoms with Crippen LogP contribution in [0.4, 0.5) is 4.39 Å². The summed E-state index contributed by atoms with van der Waals surface area (Å²) >= 11 is 3.13. The average molecular weight is 225 g/mol. The van der Waals surface area contributed by atoms with Crippen molar-refractivity contribution in [1.82, 2.24) is 0 Å². The minimum atomic E-state index is -0.693. The Morgan fingerprint density at radius 3 is 3.00 bits per heavy atom. The van der Waals surface area contributed by atoms with Gasteiger partial charge in [0.1, 0.15) is 6.17 Å². The van der Waals surface area contributed by atoms with Crippen molar-refractivity contribution in [3.8, 4) is 0 Å². The van der Waals surface area contributed by atoms with E-state index in [0.717, 1.165) is 26.1 Å². The van der Waals surface area contributed by atoms with Gasteiger partial charge in [-0.15, -0.1) is 0 Å². The second-order valence-corrected chi connectivity index (χ2v) is 3.72. The van der Waals surface area contributed by atoms with Gasteiger partial charge in [0.2, 0.25) is 0 Å². The molecule has 0 aromatic heterocycles. The van der Waals surface area contributed by atoms with E-state index < -0.39 is 6.17 Å². The first-order valence-electron chi connectivity index (χ1n) is 4.10. The summed E-state index contributed by atoms with van der Waals surface area (Å²) < 4.78 is 18.1. The van der Waals surface area contributed by atoms with Crippen molar-refractivity contribution in [2.75, 3.05) is 18.5 Å². The molecule has 1 aliphatic rings. The molecule has 1 saturated heterocycles. The molecule has 0 unspecified atom stereocenters. The van der Waals surface area contributed by atoms with Gasteiger partial charge in [0.25, 0.3) is 0 Å². The van der Waals surface area contributed by atoms with Crippen molar-refractivity contribution in [2.24, 2.45) is 5.92 Å². The van der Waals surface area contributed by atoms with E-state index in [1.54, 1.807) is 0 Å². The predicted octanol–water partition coefficient (Wildman–Crippen LogP) is 2.54. The van der Waals surface area contributed by atoms with Gasteiger partial charge in [0.05, 0.1) is 0 Å². The van der Waals surface area contributed by atoms with Gasteiger partial charge < -0.3 is 4.74 Å². The molecule has 0 bridgehead atoms. The maximum atomic E-state index is 12.8. The molecule has 0 amide bonds. The summed E-state index contributed by atoms with van der Waals surface area (Å²) in [6.45, 7) is 1.62. The summed E-state index contributed by atoms with van der Waals surface area (Å²) in [6, 6.07) is 0. The van der Waals surface area contributed by atoms with E-state index in [-0.39, 0.29) is 0 Å². The highest BCUT2D eigenvalue weighted by Gasteiger charge is 2.17. The Morgan fingerprint density at radius 2 is 2.45 bits per heavy atom. The third kappa shape index (κ3) is 3.52. The molecule has 1 heterocycles. The summed E-state index contributed by atoms with van der Waals surface area (Å²) in [5, 5.41) is 0.462. The minimum Gasteiger partial charge on any atom is -0.381 e. The number of hydrogen-bond donors (Lipinski definition) is 0. The van der Waals surface area contributed by atoms with Gasteiger partial charge in [0.15, 0.2) is 0 Å². The zero-order valence-corrected chi connectivity index (χ0v) is 8.15. The standard InChI is InChI=1S/C8H14BrFO/c9-5-8(10)4-7-2-1-3-11-6-7/h7-8H,1-6H2/t7-,8-/m0/s1. The summed E-state index contributed by atoms with van der Waals surface area (Å²) in [6.07, 6.45) is 2.19. The zero-order valence-electron chi connectivity index (χ0n) is 6.56. The Labute approximate surface area is 75.4 Å². The van der Waals surface area contributed by atoms with E-state index in [1.807, 2.05) is 0 Å². The Morgan fingerprint density at radius 1 is 1.64 bits per heavy atom. The Balaban J connectivity index is 2.13. The fourth-order valence-corrected chi connectivity index (χ4v) is 1.68. The molecule has 1 fully saturated rings. The lowest BCUT2D eigenvalue weighted by molar-refractivity contribution is 0.0435. The molecule has 1 nitrogen and oxygen atoms in total. The Hall–Kier alpha value is 0.370. The van der Waals surface area contributed by atoms with E-state index in [4.69, 9.17) is 4.74 Å². The maximum Gasteiger partial charge on any atom is 0.110 e. The highest BCUT2D eigenvalue weighted by Crippen LogP contribution is 2.20. The fraction of sp³-hybridized carbons (Fsp3) is 1.00. The number of alkyl halides is 2. The fourth-order valence-electron chi connectivity index (χ4n) is 1.42. The van der Waals surface area contributed by atoms with Crippen LogP contribution in [-0.2, 0) is 4.74 Å². The summed E-state index contributed by atoms with van der Waals surface area (Å²) in [5.41, 5.74) is 0. The zero-order chi connectivity index (χ0) is 8.10. The maximum absolute atomic E-state index is 12.8. The molecule has 0 aromatic rings. The highest BCUT2D eigenvalue weighted by molar-refractivity contribution is 9.09. The monoisotopic (exact) mass is 224 g/mol.